The van der Waals surface area contributed by atoms with Gasteiger partial charge in [0.1, 0.15) is 0 Å². The van der Waals surface area contributed by atoms with Gasteiger partial charge in [0.15, 0.2) is 0 Å². The average molecular weight is 423 g/mol. The number of hydrogen-bond donors (Lipinski definition) is 5. The van der Waals surface area contributed by atoms with Crippen molar-refractivity contribution in [2.75, 3.05) is 70.5 Å². The Bertz CT molecular complexity index is 488. The minimum atomic E-state index is -1.11. The summed E-state index contributed by atoms with van der Waals surface area (Å²) in [6.45, 7) is -0.674. The van der Waals surface area contributed by atoms with Crippen molar-refractivity contribution in [1.82, 2.24) is 14.7 Å². The van der Waals surface area contributed by atoms with Gasteiger partial charge < -0.3 is 25.5 Å². The highest BCUT2D eigenvalue weighted by Crippen LogP contribution is 2.12. The molecule has 2 unspecified atom stereocenters. The van der Waals surface area contributed by atoms with Crippen LogP contribution in [-0.4, -0.2) is 141 Å². The first-order valence-corrected chi connectivity index (χ1v) is 10.1. The van der Waals surface area contributed by atoms with Gasteiger partial charge in [-0.2, -0.15) is 11.8 Å². The summed E-state index contributed by atoms with van der Waals surface area (Å²) in [5.74, 6) is -2.03. The zero-order valence-corrected chi connectivity index (χ0v) is 16.5. The van der Waals surface area contributed by atoms with E-state index in [9.17, 15) is 29.7 Å². The fourth-order valence-corrected chi connectivity index (χ4v) is 4.09. The quantitative estimate of drug-likeness (QED) is 0.282. The van der Waals surface area contributed by atoms with Crippen LogP contribution in [0.15, 0.2) is 0 Å². The van der Waals surface area contributed by atoms with Gasteiger partial charge in [-0.1, -0.05) is 0 Å². The summed E-state index contributed by atoms with van der Waals surface area (Å²) in [6, 6.07) is -1.19. The molecule has 0 radical (unpaired) electrons. The van der Waals surface area contributed by atoms with Gasteiger partial charge in [-0.3, -0.25) is 29.1 Å². The minimum Gasteiger partial charge on any atom is -0.480 e. The van der Waals surface area contributed by atoms with Gasteiger partial charge in [0.2, 0.25) is 0 Å². The second-order valence-electron chi connectivity index (χ2n) is 6.60. The molecule has 0 aromatic carbocycles. The second kappa shape index (κ2) is 12.9. The van der Waals surface area contributed by atoms with Crippen LogP contribution in [0, 0.1) is 0 Å². The predicted molar refractivity (Wildman–Crippen MR) is 102 cm³/mol. The molecule has 0 aromatic rings. The van der Waals surface area contributed by atoms with Crippen molar-refractivity contribution < 1.29 is 39.9 Å². The highest BCUT2D eigenvalue weighted by atomic mass is 32.2. The SMILES string of the molecule is O=C(O)CN1CC(CO)N(CC(=O)O)CCSCCN(CC(=O)O)C(CO)C1. The molecule has 0 aliphatic carbocycles. The standard InChI is InChI=1S/C16H29N3O8S/c20-10-12-5-17(7-14(22)23)6-13(11-21)19(9-16(26)27)2-4-28-3-1-18(12)8-15(24)25/h12-13,20-21H,1-11H2,(H,22,23)(H,24,25)(H,26,27). The number of aliphatic hydroxyl groups is 2. The lowest BCUT2D eigenvalue weighted by atomic mass is 10.2. The van der Waals surface area contributed by atoms with E-state index in [0.717, 1.165) is 0 Å². The summed E-state index contributed by atoms with van der Waals surface area (Å²) < 4.78 is 0. The number of carboxylic acid groups (broad SMARTS) is 3. The molecule has 1 rings (SSSR count). The molecule has 0 spiro atoms. The van der Waals surface area contributed by atoms with E-state index in [1.54, 1.807) is 9.80 Å². The number of nitrogens with zero attached hydrogens (tertiary/aromatic N) is 3. The topological polar surface area (TPSA) is 162 Å². The molecular formula is C16H29N3O8S. The number of rotatable bonds is 8. The maximum Gasteiger partial charge on any atom is 0.317 e. The van der Waals surface area contributed by atoms with Crippen LogP contribution < -0.4 is 0 Å². The maximum atomic E-state index is 11.3. The zero-order valence-electron chi connectivity index (χ0n) is 15.6. The molecule has 162 valence electrons. The molecule has 1 heterocycles. The molecular weight excluding hydrogens is 394 g/mol. The lowest BCUT2D eigenvalue weighted by Gasteiger charge is -2.37. The molecule has 1 aliphatic heterocycles. The van der Waals surface area contributed by atoms with Crippen molar-refractivity contribution in [2.45, 2.75) is 12.1 Å². The molecule has 0 bridgehead atoms. The molecule has 12 heteroatoms. The normalized spacial score (nSPS) is 24.2. The third kappa shape index (κ3) is 9.17. The van der Waals surface area contributed by atoms with Gasteiger partial charge in [0, 0.05) is 49.8 Å². The fourth-order valence-electron chi connectivity index (χ4n) is 3.16. The summed E-state index contributed by atoms with van der Waals surface area (Å²) in [4.78, 5) is 38.3. The Balaban J connectivity index is 3.07. The van der Waals surface area contributed by atoms with Crippen LogP contribution in [0.5, 0.6) is 0 Å². The summed E-state index contributed by atoms with van der Waals surface area (Å²) in [6.07, 6.45) is 0. The van der Waals surface area contributed by atoms with E-state index in [4.69, 9.17) is 10.2 Å². The van der Waals surface area contributed by atoms with Gasteiger partial charge in [-0.25, -0.2) is 0 Å². The number of thioether (sulfide) groups is 1. The molecule has 0 amide bonds. The van der Waals surface area contributed by atoms with Crippen molar-refractivity contribution in [3.05, 3.63) is 0 Å². The first-order chi connectivity index (χ1) is 13.3. The zero-order chi connectivity index (χ0) is 21.1. The largest absolute Gasteiger partial charge is 0.480 e. The van der Waals surface area contributed by atoms with Crippen LogP contribution in [-0.2, 0) is 14.4 Å². The molecule has 5 N–H and O–H groups in total. The number of aliphatic carboxylic acids is 3. The Morgan fingerprint density at radius 2 is 1.14 bits per heavy atom. The smallest absolute Gasteiger partial charge is 0.317 e. The molecule has 1 fully saturated rings. The van der Waals surface area contributed by atoms with E-state index in [1.165, 1.54) is 16.7 Å². The van der Waals surface area contributed by atoms with E-state index < -0.39 is 30.0 Å². The highest BCUT2D eigenvalue weighted by Gasteiger charge is 2.28. The van der Waals surface area contributed by atoms with Gasteiger partial charge in [-0.15, -0.1) is 0 Å². The van der Waals surface area contributed by atoms with Crippen molar-refractivity contribution >= 4 is 29.7 Å². The Morgan fingerprint density at radius 3 is 1.46 bits per heavy atom. The lowest BCUT2D eigenvalue weighted by molar-refractivity contribution is -0.142. The lowest BCUT2D eigenvalue weighted by Crippen LogP contribution is -2.54. The van der Waals surface area contributed by atoms with Gasteiger partial charge in [0.05, 0.1) is 32.8 Å². The summed E-state index contributed by atoms with van der Waals surface area (Å²) in [5.41, 5.74) is 0. The molecule has 0 aromatic heterocycles. The van der Waals surface area contributed by atoms with E-state index in [0.29, 0.717) is 24.6 Å². The van der Waals surface area contributed by atoms with Crippen molar-refractivity contribution in [2.24, 2.45) is 0 Å². The number of hydrogen-bond acceptors (Lipinski definition) is 9. The van der Waals surface area contributed by atoms with Crippen LogP contribution >= 0.6 is 11.8 Å². The molecule has 0 saturated carbocycles. The molecule has 1 saturated heterocycles. The van der Waals surface area contributed by atoms with Gasteiger partial charge >= 0.3 is 17.9 Å². The fraction of sp³-hybridized carbons (Fsp3) is 0.812. The van der Waals surface area contributed by atoms with Crippen molar-refractivity contribution in [3.8, 4) is 0 Å². The number of aliphatic hydroxyl groups excluding tert-OH is 2. The second-order valence-corrected chi connectivity index (χ2v) is 7.83. The first-order valence-electron chi connectivity index (χ1n) is 8.92. The first kappa shape index (κ1) is 24.6. The van der Waals surface area contributed by atoms with Gasteiger partial charge in [0.25, 0.3) is 0 Å². The number of carboxylic acids is 3. The Labute approximate surface area is 167 Å². The Hall–Kier alpha value is -1.44. The summed E-state index contributed by atoms with van der Waals surface area (Å²) in [5, 5.41) is 47.0. The van der Waals surface area contributed by atoms with Crippen LogP contribution in [0.1, 0.15) is 0 Å². The average Bonchev–Trinajstić information content (AvgIpc) is 2.59. The minimum absolute atomic E-state index is 0.0815. The maximum absolute atomic E-state index is 11.3. The number of carbonyl (C=O) groups is 3. The van der Waals surface area contributed by atoms with E-state index >= 15 is 0 Å². The predicted octanol–water partition coefficient (Wildman–Crippen LogP) is -2.39. The monoisotopic (exact) mass is 423 g/mol. The summed E-state index contributed by atoms with van der Waals surface area (Å²) >= 11 is 1.53. The third-order valence-corrected chi connectivity index (χ3v) is 5.42. The summed E-state index contributed by atoms with van der Waals surface area (Å²) in [7, 11) is 0. The molecule has 1 aliphatic rings. The highest BCUT2D eigenvalue weighted by molar-refractivity contribution is 7.99. The van der Waals surface area contributed by atoms with Crippen molar-refractivity contribution in [1.29, 1.82) is 0 Å². The van der Waals surface area contributed by atoms with Crippen LogP contribution in [0.3, 0.4) is 0 Å². The Kier molecular flexibility index (Phi) is 11.3. The van der Waals surface area contributed by atoms with Crippen LogP contribution in [0.25, 0.3) is 0 Å². The van der Waals surface area contributed by atoms with Crippen LogP contribution in [0.4, 0.5) is 0 Å². The third-order valence-electron chi connectivity index (χ3n) is 4.47. The van der Waals surface area contributed by atoms with E-state index in [-0.39, 0.29) is 45.9 Å². The Morgan fingerprint density at radius 1 is 0.750 bits per heavy atom. The van der Waals surface area contributed by atoms with Crippen molar-refractivity contribution in [3.63, 3.8) is 0 Å². The van der Waals surface area contributed by atoms with E-state index in [1.807, 2.05) is 0 Å². The molecule has 11 nitrogen and oxygen atoms in total. The molecule has 2 atom stereocenters. The molecule has 28 heavy (non-hydrogen) atoms. The van der Waals surface area contributed by atoms with Gasteiger partial charge in [-0.05, 0) is 0 Å². The van der Waals surface area contributed by atoms with E-state index in [2.05, 4.69) is 0 Å². The van der Waals surface area contributed by atoms with Crippen LogP contribution in [0.2, 0.25) is 0 Å².